The minimum absolute atomic E-state index is 0.176. The van der Waals surface area contributed by atoms with Crippen LogP contribution in [0.15, 0.2) is 60.7 Å². The van der Waals surface area contributed by atoms with Crippen LogP contribution in [0.5, 0.6) is 5.75 Å². The fourth-order valence-corrected chi connectivity index (χ4v) is 2.54. The molecule has 0 bridgehead atoms. The van der Waals surface area contributed by atoms with Crippen molar-refractivity contribution in [2.24, 2.45) is 0 Å². The Morgan fingerprint density at radius 3 is 2.20 bits per heavy atom. The van der Waals surface area contributed by atoms with Crippen molar-refractivity contribution in [3.63, 3.8) is 0 Å². The first-order chi connectivity index (χ1) is 9.66. The van der Waals surface area contributed by atoms with Crippen LogP contribution >= 0.6 is 7.82 Å². The van der Waals surface area contributed by atoms with Crippen LogP contribution in [0.1, 0.15) is 12.0 Å². The van der Waals surface area contributed by atoms with E-state index < -0.39 is 7.82 Å². The van der Waals surface area contributed by atoms with E-state index in [0.29, 0.717) is 12.2 Å². The van der Waals surface area contributed by atoms with E-state index in [9.17, 15) is 9.46 Å². The fraction of sp³-hybridized carbons (Fsp3) is 0.200. The highest BCUT2D eigenvalue weighted by Gasteiger charge is 2.22. The molecule has 1 atom stereocenters. The summed E-state index contributed by atoms with van der Waals surface area (Å²) < 4.78 is 21.6. The Hall–Kier alpha value is -1.61. The summed E-state index contributed by atoms with van der Waals surface area (Å²) in [7, 11) is -4.04. The molecule has 0 spiro atoms. The topological polar surface area (TPSA) is 55.8 Å². The van der Waals surface area contributed by atoms with Crippen molar-refractivity contribution in [3.8, 4) is 5.75 Å². The fourth-order valence-electron chi connectivity index (χ4n) is 1.74. The number of phosphoric ester groups is 1. The van der Waals surface area contributed by atoms with Crippen molar-refractivity contribution in [2.45, 2.75) is 12.8 Å². The van der Waals surface area contributed by atoms with Crippen LogP contribution in [-0.4, -0.2) is 11.5 Å². The third-order valence-electron chi connectivity index (χ3n) is 2.67. The van der Waals surface area contributed by atoms with Gasteiger partial charge in [0, 0.05) is 0 Å². The van der Waals surface area contributed by atoms with Crippen LogP contribution in [-0.2, 0) is 15.5 Å². The van der Waals surface area contributed by atoms with Crippen LogP contribution in [0.3, 0.4) is 0 Å². The van der Waals surface area contributed by atoms with Crippen molar-refractivity contribution >= 4 is 7.82 Å². The highest BCUT2D eigenvalue weighted by Crippen LogP contribution is 2.43. The second-order valence-corrected chi connectivity index (χ2v) is 5.67. The summed E-state index contributed by atoms with van der Waals surface area (Å²) in [6.45, 7) is 0.176. The van der Waals surface area contributed by atoms with Crippen molar-refractivity contribution in [1.29, 1.82) is 0 Å². The Bertz CT molecular complexity index is 557. The highest BCUT2D eigenvalue weighted by atomic mass is 31.2. The number of phosphoric acid groups is 1. The zero-order valence-electron chi connectivity index (χ0n) is 11.0. The smallest absolute Gasteiger partial charge is 0.404 e. The van der Waals surface area contributed by atoms with E-state index in [0.717, 1.165) is 6.42 Å². The molecule has 0 saturated carbocycles. The number of para-hydroxylation sites is 1. The van der Waals surface area contributed by atoms with Gasteiger partial charge in [-0.05, 0) is 30.5 Å². The molecule has 2 aromatic rings. The van der Waals surface area contributed by atoms with Crippen LogP contribution in [0.25, 0.3) is 0 Å². The second kappa shape index (κ2) is 7.25. The monoisotopic (exact) mass is 292 g/mol. The zero-order valence-corrected chi connectivity index (χ0v) is 11.9. The molecular formula is C15H17O4P. The maximum atomic E-state index is 11.7. The summed E-state index contributed by atoms with van der Waals surface area (Å²) in [5.41, 5.74) is 1.17. The molecule has 2 rings (SSSR count). The molecule has 0 saturated heterocycles. The van der Waals surface area contributed by atoms with Gasteiger partial charge >= 0.3 is 7.82 Å². The van der Waals surface area contributed by atoms with Crippen molar-refractivity contribution in [1.82, 2.24) is 0 Å². The average Bonchev–Trinajstić information content (AvgIpc) is 2.45. The molecule has 1 unspecified atom stereocenters. The van der Waals surface area contributed by atoms with Crippen molar-refractivity contribution < 1.29 is 18.5 Å². The summed E-state index contributed by atoms with van der Waals surface area (Å²) in [4.78, 5) is 9.58. The van der Waals surface area contributed by atoms with E-state index >= 15 is 0 Å². The molecule has 0 aliphatic rings. The van der Waals surface area contributed by atoms with Gasteiger partial charge in [0.25, 0.3) is 0 Å². The number of rotatable bonds is 7. The molecule has 0 heterocycles. The standard InChI is InChI=1S/C15H17O4P/c16-20(17,19-15-11-5-2-6-12-15)18-13-7-10-14-8-3-1-4-9-14/h1-6,8-9,11-12H,7,10,13H2,(H,16,17). The van der Waals surface area contributed by atoms with Gasteiger partial charge in [-0.25, -0.2) is 4.57 Å². The van der Waals surface area contributed by atoms with E-state index in [1.807, 2.05) is 30.3 Å². The summed E-state index contributed by atoms with van der Waals surface area (Å²) in [6, 6.07) is 18.4. The highest BCUT2D eigenvalue weighted by molar-refractivity contribution is 7.47. The first-order valence-corrected chi connectivity index (χ1v) is 7.91. The van der Waals surface area contributed by atoms with Crippen LogP contribution < -0.4 is 4.52 Å². The van der Waals surface area contributed by atoms with Gasteiger partial charge < -0.3 is 4.52 Å². The van der Waals surface area contributed by atoms with Gasteiger partial charge in [-0.1, -0.05) is 48.5 Å². The SMILES string of the molecule is O=P(O)(OCCCc1ccccc1)Oc1ccccc1. The van der Waals surface area contributed by atoms with Gasteiger partial charge in [0.05, 0.1) is 6.61 Å². The zero-order chi connectivity index (χ0) is 14.3. The second-order valence-electron chi connectivity index (χ2n) is 4.30. The Kier molecular flexibility index (Phi) is 5.36. The lowest BCUT2D eigenvalue weighted by molar-refractivity contribution is 0.201. The van der Waals surface area contributed by atoms with E-state index in [1.165, 1.54) is 5.56 Å². The molecular weight excluding hydrogens is 275 g/mol. The molecule has 1 N–H and O–H groups in total. The van der Waals surface area contributed by atoms with Crippen LogP contribution in [0.2, 0.25) is 0 Å². The van der Waals surface area contributed by atoms with Gasteiger partial charge in [0.15, 0.2) is 0 Å². The summed E-state index contributed by atoms with van der Waals surface area (Å²) >= 11 is 0. The lowest BCUT2D eigenvalue weighted by Gasteiger charge is -2.12. The Labute approximate surface area is 118 Å². The lowest BCUT2D eigenvalue weighted by atomic mass is 10.1. The van der Waals surface area contributed by atoms with Gasteiger partial charge in [-0.15, -0.1) is 0 Å². The Morgan fingerprint density at radius 2 is 1.55 bits per heavy atom. The predicted octanol–water partition coefficient (Wildman–Crippen LogP) is 3.82. The molecule has 0 aromatic heterocycles. The number of hydrogen-bond acceptors (Lipinski definition) is 3. The summed E-state index contributed by atoms with van der Waals surface area (Å²) in [5, 5.41) is 0. The summed E-state index contributed by atoms with van der Waals surface area (Å²) in [6.07, 6.45) is 1.46. The Morgan fingerprint density at radius 1 is 0.950 bits per heavy atom. The van der Waals surface area contributed by atoms with E-state index in [-0.39, 0.29) is 6.61 Å². The molecule has 20 heavy (non-hydrogen) atoms. The molecule has 0 amide bonds. The predicted molar refractivity (Wildman–Crippen MR) is 77.6 cm³/mol. The largest absolute Gasteiger partial charge is 0.527 e. The maximum absolute atomic E-state index is 11.7. The quantitative estimate of drug-likeness (QED) is 0.622. The van der Waals surface area contributed by atoms with E-state index in [2.05, 4.69) is 0 Å². The molecule has 4 nitrogen and oxygen atoms in total. The minimum Gasteiger partial charge on any atom is -0.404 e. The lowest BCUT2D eigenvalue weighted by Crippen LogP contribution is -2.00. The molecule has 5 heteroatoms. The molecule has 0 aliphatic heterocycles. The average molecular weight is 292 g/mol. The van der Waals surface area contributed by atoms with Gasteiger partial charge in [-0.3, -0.25) is 9.42 Å². The van der Waals surface area contributed by atoms with E-state index in [4.69, 9.17) is 9.05 Å². The molecule has 0 aliphatic carbocycles. The first-order valence-electron chi connectivity index (χ1n) is 6.42. The molecule has 2 aromatic carbocycles. The van der Waals surface area contributed by atoms with Crippen LogP contribution in [0.4, 0.5) is 0 Å². The van der Waals surface area contributed by atoms with Crippen molar-refractivity contribution in [2.75, 3.05) is 6.61 Å². The molecule has 0 fully saturated rings. The first kappa shape index (κ1) is 14.8. The summed E-state index contributed by atoms with van der Waals surface area (Å²) in [5.74, 6) is 0.321. The van der Waals surface area contributed by atoms with Gasteiger partial charge in [-0.2, -0.15) is 0 Å². The number of hydrogen-bond donors (Lipinski definition) is 1. The van der Waals surface area contributed by atoms with E-state index in [1.54, 1.807) is 30.3 Å². The molecule has 106 valence electrons. The van der Waals surface area contributed by atoms with Gasteiger partial charge in [0.1, 0.15) is 5.75 Å². The third-order valence-corrected chi connectivity index (χ3v) is 3.62. The minimum atomic E-state index is -4.04. The number of aryl methyl sites for hydroxylation is 1. The van der Waals surface area contributed by atoms with Crippen LogP contribution in [0, 0.1) is 0 Å². The third kappa shape index (κ3) is 5.17. The van der Waals surface area contributed by atoms with Gasteiger partial charge in [0.2, 0.25) is 0 Å². The maximum Gasteiger partial charge on any atom is 0.527 e. The Balaban J connectivity index is 1.74. The van der Waals surface area contributed by atoms with Crippen molar-refractivity contribution in [3.05, 3.63) is 66.2 Å². The number of benzene rings is 2. The molecule has 0 radical (unpaired) electrons. The normalized spacial score (nSPS) is 13.7.